The summed E-state index contributed by atoms with van der Waals surface area (Å²) in [7, 11) is 1.59. The van der Waals surface area contributed by atoms with Crippen molar-refractivity contribution in [1.29, 1.82) is 0 Å². The second-order valence-corrected chi connectivity index (χ2v) is 4.45. The van der Waals surface area contributed by atoms with Gasteiger partial charge >= 0.3 is 5.97 Å². The van der Waals surface area contributed by atoms with Crippen LogP contribution in [0, 0.1) is 0 Å². The highest BCUT2D eigenvalue weighted by Crippen LogP contribution is 2.28. The monoisotopic (exact) mass is 228 g/mol. The highest BCUT2D eigenvalue weighted by atomic mass is 16.4. The first kappa shape index (κ1) is 13.0. The third-order valence-electron chi connectivity index (χ3n) is 3.39. The minimum atomic E-state index is -0.799. The first-order chi connectivity index (χ1) is 7.50. The van der Waals surface area contributed by atoms with Crippen LogP contribution in [0.25, 0.3) is 0 Å². The fraction of sp³-hybridized carbons (Fsp3) is 0.818. The number of carbonyl (C=O) groups excluding carboxylic acids is 1. The molecule has 0 aromatic carbocycles. The number of carbonyl (C=O) groups is 2. The minimum absolute atomic E-state index is 0.0432. The van der Waals surface area contributed by atoms with E-state index in [1.807, 2.05) is 4.90 Å². The van der Waals surface area contributed by atoms with Gasteiger partial charge in [-0.05, 0) is 32.7 Å². The number of rotatable bonds is 4. The Hall–Kier alpha value is -1.10. The Bertz CT molecular complexity index is 280. The van der Waals surface area contributed by atoms with Crippen molar-refractivity contribution in [2.75, 3.05) is 20.1 Å². The number of aliphatic carboxylic acids is 1. The van der Waals surface area contributed by atoms with E-state index in [0.29, 0.717) is 19.4 Å². The molecule has 1 saturated heterocycles. The highest BCUT2D eigenvalue weighted by molar-refractivity contribution is 5.79. The van der Waals surface area contributed by atoms with Crippen LogP contribution in [0.1, 0.15) is 32.6 Å². The quantitative estimate of drug-likeness (QED) is 0.733. The lowest BCUT2D eigenvalue weighted by molar-refractivity contribution is -0.153. The lowest BCUT2D eigenvalue weighted by Gasteiger charge is -2.41. The molecule has 92 valence electrons. The van der Waals surface area contributed by atoms with Crippen molar-refractivity contribution in [2.45, 2.75) is 38.1 Å². The molecule has 1 heterocycles. The van der Waals surface area contributed by atoms with E-state index in [2.05, 4.69) is 5.32 Å². The van der Waals surface area contributed by atoms with Crippen molar-refractivity contribution < 1.29 is 14.7 Å². The maximum atomic E-state index is 11.3. The van der Waals surface area contributed by atoms with Gasteiger partial charge in [0.2, 0.25) is 5.91 Å². The zero-order chi connectivity index (χ0) is 12.2. The average Bonchev–Trinajstić information content (AvgIpc) is 2.27. The van der Waals surface area contributed by atoms with Crippen LogP contribution in [0.4, 0.5) is 0 Å². The van der Waals surface area contributed by atoms with Crippen molar-refractivity contribution in [2.24, 2.45) is 0 Å². The standard InChI is InChI=1S/C11H20N2O3/c1-11(10(15)16)6-3-4-7-13(11)8-5-9(14)12-2/h3-8H2,1-2H3,(H,12,14)(H,15,16). The van der Waals surface area contributed by atoms with Gasteiger partial charge in [0.1, 0.15) is 5.54 Å². The van der Waals surface area contributed by atoms with Crippen LogP contribution < -0.4 is 5.32 Å². The number of nitrogens with one attached hydrogen (secondary N) is 1. The Kier molecular flexibility index (Phi) is 4.29. The Morgan fingerprint density at radius 3 is 2.69 bits per heavy atom. The summed E-state index contributed by atoms with van der Waals surface area (Å²) in [5, 5.41) is 11.8. The Balaban J connectivity index is 2.60. The molecule has 5 nitrogen and oxygen atoms in total. The van der Waals surface area contributed by atoms with Gasteiger partial charge in [-0.25, -0.2) is 0 Å². The molecule has 16 heavy (non-hydrogen) atoms. The molecular weight excluding hydrogens is 208 g/mol. The minimum Gasteiger partial charge on any atom is -0.480 e. The zero-order valence-corrected chi connectivity index (χ0v) is 9.95. The van der Waals surface area contributed by atoms with Crippen LogP contribution in [0.2, 0.25) is 0 Å². The van der Waals surface area contributed by atoms with Crippen molar-refractivity contribution in [1.82, 2.24) is 10.2 Å². The lowest BCUT2D eigenvalue weighted by Crippen LogP contribution is -2.55. The van der Waals surface area contributed by atoms with Crippen LogP contribution in [0.3, 0.4) is 0 Å². The van der Waals surface area contributed by atoms with Gasteiger partial charge in [-0.2, -0.15) is 0 Å². The number of nitrogens with zero attached hydrogens (tertiary/aromatic N) is 1. The Morgan fingerprint density at radius 2 is 2.12 bits per heavy atom. The molecule has 1 atom stereocenters. The molecule has 0 aliphatic carbocycles. The number of carboxylic acid groups (broad SMARTS) is 1. The summed E-state index contributed by atoms with van der Waals surface area (Å²) >= 11 is 0. The van der Waals surface area contributed by atoms with E-state index >= 15 is 0 Å². The van der Waals surface area contributed by atoms with E-state index in [1.54, 1.807) is 14.0 Å². The molecule has 1 rings (SSSR count). The molecule has 1 aliphatic rings. The van der Waals surface area contributed by atoms with Crippen LogP contribution in [-0.2, 0) is 9.59 Å². The van der Waals surface area contributed by atoms with Crippen LogP contribution in [0.5, 0.6) is 0 Å². The molecule has 0 aromatic heterocycles. The molecule has 1 fully saturated rings. The van der Waals surface area contributed by atoms with Gasteiger partial charge in [-0.1, -0.05) is 0 Å². The molecule has 0 bridgehead atoms. The summed E-state index contributed by atoms with van der Waals surface area (Å²) in [6, 6.07) is 0. The van der Waals surface area contributed by atoms with Crippen molar-refractivity contribution in [3.05, 3.63) is 0 Å². The van der Waals surface area contributed by atoms with E-state index in [1.165, 1.54) is 0 Å². The van der Waals surface area contributed by atoms with Crippen LogP contribution in [0.15, 0.2) is 0 Å². The maximum absolute atomic E-state index is 11.3. The predicted octanol–water partition coefficient (Wildman–Crippen LogP) is 0.452. The summed E-state index contributed by atoms with van der Waals surface area (Å²) < 4.78 is 0. The molecule has 0 radical (unpaired) electrons. The maximum Gasteiger partial charge on any atom is 0.323 e. The van der Waals surface area contributed by atoms with Crippen LogP contribution >= 0.6 is 0 Å². The largest absolute Gasteiger partial charge is 0.480 e. The molecule has 0 spiro atoms. The molecule has 1 unspecified atom stereocenters. The molecule has 5 heteroatoms. The van der Waals surface area contributed by atoms with Crippen molar-refractivity contribution >= 4 is 11.9 Å². The zero-order valence-electron chi connectivity index (χ0n) is 9.95. The smallest absolute Gasteiger partial charge is 0.323 e. The molecule has 1 aliphatic heterocycles. The first-order valence-electron chi connectivity index (χ1n) is 5.70. The number of carboxylic acids is 1. The topological polar surface area (TPSA) is 69.6 Å². The number of hydrogen-bond acceptors (Lipinski definition) is 3. The lowest BCUT2D eigenvalue weighted by atomic mass is 9.88. The number of likely N-dealkylation sites (tertiary alicyclic amines) is 1. The van der Waals surface area contributed by atoms with E-state index in [9.17, 15) is 14.7 Å². The second kappa shape index (κ2) is 5.30. The van der Waals surface area contributed by atoms with E-state index in [4.69, 9.17) is 0 Å². The van der Waals surface area contributed by atoms with Crippen LogP contribution in [-0.4, -0.2) is 47.6 Å². The first-order valence-corrected chi connectivity index (χ1v) is 5.70. The molecule has 0 saturated carbocycles. The molecule has 1 amide bonds. The predicted molar refractivity (Wildman–Crippen MR) is 60.1 cm³/mol. The average molecular weight is 228 g/mol. The van der Waals surface area contributed by atoms with Gasteiger partial charge in [0.25, 0.3) is 0 Å². The summed E-state index contributed by atoms with van der Waals surface area (Å²) in [5.41, 5.74) is -0.799. The normalized spacial score (nSPS) is 26.4. The van der Waals surface area contributed by atoms with Crippen molar-refractivity contribution in [3.8, 4) is 0 Å². The van der Waals surface area contributed by atoms with E-state index in [-0.39, 0.29) is 5.91 Å². The molecule has 2 N–H and O–H groups in total. The third-order valence-corrected chi connectivity index (χ3v) is 3.39. The van der Waals surface area contributed by atoms with E-state index < -0.39 is 11.5 Å². The number of amides is 1. The summed E-state index contributed by atoms with van der Waals surface area (Å²) in [6.07, 6.45) is 2.98. The second-order valence-electron chi connectivity index (χ2n) is 4.45. The number of piperidine rings is 1. The fourth-order valence-electron chi connectivity index (χ4n) is 2.14. The summed E-state index contributed by atoms with van der Waals surface area (Å²) in [6.45, 7) is 3.03. The third kappa shape index (κ3) is 2.72. The Morgan fingerprint density at radius 1 is 1.44 bits per heavy atom. The van der Waals surface area contributed by atoms with Gasteiger partial charge in [-0.15, -0.1) is 0 Å². The van der Waals surface area contributed by atoms with Gasteiger partial charge in [0.05, 0.1) is 0 Å². The molecule has 0 aromatic rings. The van der Waals surface area contributed by atoms with Gasteiger partial charge in [0, 0.05) is 20.0 Å². The number of hydrogen-bond donors (Lipinski definition) is 2. The fourth-order valence-corrected chi connectivity index (χ4v) is 2.14. The Labute approximate surface area is 95.8 Å². The summed E-state index contributed by atoms with van der Waals surface area (Å²) in [5.74, 6) is -0.831. The summed E-state index contributed by atoms with van der Waals surface area (Å²) in [4.78, 5) is 24.3. The van der Waals surface area contributed by atoms with Gasteiger partial charge in [0.15, 0.2) is 0 Å². The van der Waals surface area contributed by atoms with Gasteiger partial charge in [-0.3, -0.25) is 14.5 Å². The highest BCUT2D eigenvalue weighted by Gasteiger charge is 2.40. The SMILES string of the molecule is CNC(=O)CCN1CCCCC1(C)C(=O)O. The van der Waals surface area contributed by atoms with Gasteiger partial charge < -0.3 is 10.4 Å². The molecular formula is C11H20N2O3. The van der Waals surface area contributed by atoms with E-state index in [0.717, 1.165) is 19.4 Å². The van der Waals surface area contributed by atoms with Crippen molar-refractivity contribution in [3.63, 3.8) is 0 Å².